The van der Waals surface area contributed by atoms with Crippen LogP contribution in [0.3, 0.4) is 0 Å². The van der Waals surface area contributed by atoms with E-state index < -0.39 is 0 Å². The Hall–Kier alpha value is -3.07. The summed E-state index contributed by atoms with van der Waals surface area (Å²) in [5, 5.41) is 8.78. The first-order valence-electron chi connectivity index (χ1n) is 10.2. The normalized spacial score (nSPS) is 25.9. The van der Waals surface area contributed by atoms with E-state index in [9.17, 15) is 9.59 Å². The third-order valence-corrected chi connectivity index (χ3v) is 6.27. The molecule has 1 spiro atoms. The number of carbonyl (C=O) groups excluding carboxylic acids is 2. The molecule has 30 heavy (non-hydrogen) atoms. The van der Waals surface area contributed by atoms with E-state index in [2.05, 4.69) is 33.7 Å². The van der Waals surface area contributed by atoms with Crippen molar-refractivity contribution < 1.29 is 14.3 Å². The van der Waals surface area contributed by atoms with E-state index in [4.69, 9.17) is 4.74 Å². The fourth-order valence-electron chi connectivity index (χ4n) is 4.48. The third kappa shape index (κ3) is 3.85. The lowest BCUT2D eigenvalue weighted by Crippen LogP contribution is -2.42. The van der Waals surface area contributed by atoms with Gasteiger partial charge in [0.2, 0.25) is 5.91 Å². The molecule has 158 valence electrons. The van der Waals surface area contributed by atoms with Crippen LogP contribution in [0.4, 0.5) is 5.82 Å². The number of hydrogen-bond acceptors (Lipinski definition) is 8. The molecule has 0 bridgehead atoms. The molecular weight excluding hydrogens is 384 g/mol. The van der Waals surface area contributed by atoms with Crippen LogP contribution < -0.4 is 10.3 Å². The van der Waals surface area contributed by atoms with E-state index in [0.29, 0.717) is 30.6 Å². The van der Waals surface area contributed by atoms with Gasteiger partial charge in [0, 0.05) is 38.1 Å². The molecule has 2 fully saturated rings. The topological polar surface area (TPSA) is 100 Å². The number of rotatable bonds is 7. The van der Waals surface area contributed by atoms with Gasteiger partial charge in [0.1, 0.15) is 6.61 Å². The summed E-state index contributed by atoms with van der Waals surface area (Å²) in [4.78, 5) is 34.9. The van der Waals surface area contributed by atoms with Crippen molar-refractivity contribution in [3.63, 3.8) is 0 Å². The molecule has 4 rings (SSSR count). The van der Waals surface area contributed by atoms with Crippen molar-refractivity contribution >= 4 is 24.4 Å². The number of carbonyl (C=O) groups is 2. The Kier molecular flexibility index (Phi) is 5.63. The lowest BCUT2D eigenvalue weighted by Gasteiger charge is -2.36. The minimum atomic E-state index is -0.360. The number of cyclic esters (lactones) is 1. The van der Waals surface area contributed by atoms with Crippen molar-refractivity contribution in [2.24, 2.45) is 10.5 Å². The van der Waals surface area contributed by atoms with Gasteiger partial charge < -0.3 is 15.0 Å². The number of amides is 1. The van der Waals surface area contributed by atoms with Crippen LogP contribution in [0.5, 0.6) is 0 Å². The lowest BCUT2D eigenvalue weighted by molar-refractivity contribution is -0.138. The van der Waals surface area contributed by atoms with Crippen molar-refractivity contribution in [2.75, 3.05) is 18.2 Å². The van der Waals surface area contributed by atoms with Crippen molar-refractivity contribution in [2.45, 2.75) is 44.7 Å². The highest BCUT2D eigenvalue weighted by molar-refractivity contribution is 5.90. The molecule has 1 N–H and O–H groups in total. The monoisotopic (exact) mass is 410 g/mol. The maximum Gasteiger partial charge on any atom is 0.333 e. The van der Waals surface area contributed by atoms with Crippen LogP contribution in [0.2, 0.25) is 0 Å². The summed E-state index contributed by atoms with van der Waals surface area (Å²) in [7, 11) is 0. The van der Waals surface area contributed by atoms with Crippen LogP contribution in [0.25, 0.3) is 0 Å². The Morgan fingerprint density at radius 2 is 2.10 bits per heavy atom. The van der Waals surface area contributed by atoms with Gasteiger partial charge in [0.05, 0.1) is 29.2 Å². The number of likely N-dealkylation sites (tertiary alicyclic amines) is 1. The Balaban J connectivity index is 1.28. The second kappa shape index (κ2) is 8.35. The van der Waals surface area contributed by atoms with E-state index >= 15 is 0 Å². The van der Waals surface area contributed by atoms with Gasteiger partial charge in [-0.2, -0.15) is 5.10 Å². The van der Waals surface area contributed by atoms with Gasteiger partial charge in [-0.05, 0) is 32.1 Å². The summed E-state index contributed by atoms with van der Waals surface area (Å²) in [6.07, 6.45) is 10.7. The van der Waals surface area contributed by atoms with Gasteiger partial charge >= 0.3 is 5.97 Å². The zero-order valence-corrected chi connectivity index (χ0v) is 16.9. The largest absolute Gasteiger partial charge is 0.456 e. The molecule has 0 unspecified atom stereocenters. The van der Waals surface area contributed by atoms with Crippen LogP contribution in [0.1, 0.15) is 37.8 Å². The standard InChI is InChI=1S/C21H26N6O3/c1-3-27(22-2)18-13-24-16(12-25-18)11-23-15-4-6-21(7-5-15)8-9-26(20(21)29)17-10-19(28)30-14-17/h3,10,12-13,15,23H,1-2,4-9,11,14H2/t15-,21+. The summed E-state index contributed by atoms with van der Waals surface area (Å²) in [5.74, 6) is 0.354. The van der Waals surface area contributed by atoms with E-state index in [1.807, 2.05) is 0 Å². The molecule has 1 aromatic rings. The first-order valence-corrected chi connectivity index (χ1v) is 10.2. The summed E-state index contributed by atoms with van der Waals surface area (Å²) in [6.45, 7) is 8.62. The lowest BCUT2D eigenvalue weighted by atomic mass is 9.71. The van der Waals surface area contributed by atoms with E-state index in [0.717, 1.165) is 37.8 Å². The summed E-state index contributed by atoms with van der Waals surface area (Å²) in [5.41, 5.74) is 1.25. The minimum absolute atomic E-state index is 0.148. The van der Waals surface area contributed by atoms with Crippen LogP contribution in [-0.2, 0) is 20.9 Å². The van der Waals surface area contributed by atoms with Crippen molar-refractivity contribution in [3.8, 4) is 0 Å². The Morgan fingerprint density at radius 1 is 1.30 bits per heavy atom. The van der Waals surface area contributed by atoms with Crippen molar-refractivity contribution in [1.82, 2.24) is 20.2 Å². The first-order chi connectivity index (χ1) is 14.5. The van der Waals surface area contributed by atoms with Gasteiger partial charge in [0.15, 0.2) is 5.82 Å². The molecule has 2 aliphatic heterocycles. The quantitative estimate of drug-likeness (QED) is 0.415. The maximum atomic E-state index is 13.1. The fourth-order valence-corrected chi connectivity index (χ4v) is 4.48. The molecule has 3 aliphatic rings. The van der Waals surface area contributed by atoms with Gasteiger partial charge in [0.25, 0.3) is 0 Å². The molecule has 1 aromatic heterocycles. The van der Waals surface area contributed by atoms with E-state index in [1.165, 1.54) is 17.3 Å². The van der Waals surface area contributed by atoms with Gasteiger partial charge in [-0.15, -0.1) is 0 Å². The molecule has 1 amide bonds. The highest BCUT2D eigenvalue weighted by Gasteiger charge is 2.49. The number of nitrogens with one attached hydrogen (secondary N) is 1. The first kappa shape index (κ1) is 20.2. The minimum Gasteiger partial charge on any atom is -0.456 e. The molecule has 0 atom stereocenters. The molecule has 9 nitrogen and oxygen atoms in total. The summed E-state index contributed by atoms with van der Waals surface area (Å²) in [6, 6.07) is 0.342. The highest BCUT2D eigenvalue weighted by Crippen LogP contribution is 2.46. The second-order valence-electron chi connectivity index (χ2n) is 7.92. The van der Waals surface area contributed by atoms with Crippen LogP contribution >= 0.6 is 0 Å². The van der Waals surface area contributed by atoms with E-state index in [-0.39, 0.29) is 23.9 Å². The molecule has 0 radical (unpaired) electrons. The van der Waals surface area contributed by atoms with Gasteiger partial charge in [-0.1, -0.05) is 6.58 Å². The maximum absolute atomic E-state index is 13.1. The predicted octanol–water partition coefficient (Wildman–Crippen LogP) is 1.73. The van der Waals surface area contributed by atoms with Gasteiger partial charge in [-0.25, -0.2) is 14.8 Å². The summed E-state index contributed by atoms with van der Waals surface area (Å²) < 4.78 is 4.96. The van der Waals surface area contributed by atoms with Crippen molar-refractivity contribution in [1.29, 1.82) is 0 Å². The average Bonchev–Trinajstić information content (AvgIpc) is 3.33. The number of nitrogens with zero attached hydrogens (tertiary/aromatic N) is 5. The number of aromatic nitrogens is 2. The second-order valence-corrected chi connectivity index (χ2v) is 7.92. The highest BCUT2D eigenvalue weighted by atomic mass is 16.5. The summed E-state index contributed by atoms with van der Waals surface area (Å²) >= 11 is 0. The molecule has 1 saturated carbocycles. The SMILES string of the molecule is C=CN(N=C)c1cnc(CN[C@H]2CC[C@]3(CCN(C4=CC(=O)OC4)C3=O)CC2)cn1. The van der Waals surface area contributed by atoms with Crippen LogP contribution in [0.15, 0.2) is 42.0 Å². The molecular formula is C21H26N6O3. The molecule has 1 aliphatic carbocycles. The van der Waals surface area contributed by atoms with Gasteiger partial charge in [-0.3, -0.25) is 9.78 Å². The fraction of sp³-hybridized carbons (Fsp3) is 0.476. The number of hydrogen-bond donors (Lipinski definition) is 1. The Labute approximate surface area is 175 Å². The smallest absolute Gasteiger partial charge is 0.333 e. The number of hydrazone groups is 1. The Bertz CT molecular complexity index is 865. The third-order valence-electron chi connectivity index (χ3n) is 6.27. The molecule has 3 heterocycles. The number of esters is 1. The van der Waals surface area contributed by atoms with Crippen LogP contribution in [-0.4, -0.2) is 52.7 Å². The van der Waals surface area contributed by atoms with Crippen LogP contribution in [0, 0.1) is 5.41 Å². The molecule has 9 heteroatoms. The van der Waals surface area contributed by atoms with E-state index in [1.54, 1.807) is 17.3 Å². The number of anilines is 1. The zero-order chi connectivity index (χ0) is 21.1. The molecule has 0 aromatic carbocycles. The zero-order valence-electron chi connectivity index (χ0n) is 16.9. The predicted molar refractivity (Wildman–Crippen MR) is 111 cm³/mol. The Morgan fingerprint density at radius 3 is 2.70 bits per heavy atom. The number of ether oxygens (including phenoxy) is 1. The van der Waals surface area contributed by atoms with Crippen molar-refractivity contribution in [3.05, 3.63) is 42.6 Å². The molecule has 1 saturated heterocycles. The average molecular weight is 410 g/mol.